The quantitative estimate of drug-likeness (QED) is 0.392. The maximum atomic E-state index is 12.6. The summed E-state index contributed by atoms with van der Waals surface area (Å²) >= 11 is 7.23. The van der Waals surface area contributed by atoms with Crippen molar-refractivity contribution in [1.82, 2.24) is 25.7 Å². The fourth-order valence-electron chi connectivity index (χ4n) is 3.42. The molecule has 1 saturated heterocycles. The van der Waals surface area contributed by atoms with Gasteiger partial charge in [-0.15, -0.1) is 0 Å². The predicted octanol–water partition coefficient (Wildman–Crippen LogP) is 1.93. The highest BCUT2D eigenvalue weighted by molar-refractivity contribution is 7.17. The number of ether oxygens (including phenoxy) is 1. The summed E-state index contributed by atoms with van der Waals surface area (Å²) in [6, 6.07) is -0.263. The van der Waals surface area contributed by atoms with Crippen LogP contribution in [0.2, 0.25) is 5.15 Å². The van der Waals surface area contributed by atoms with Gasteiger partial charge in [0.1, 0.15) is 0 Å². The number of hydroxylamine groups is 1. The zero-order valence-corrected chi connectivity index (χ0v) is 19.5. The summed E-state index contributed by atoms with van der Waals surface area (Å²) in [5.41, 5.74) is 3.45. The van der Waals surface area contributed by atoms with Gasteiger partial charge < -0.3 is 25.0 Å². The van der Waals surface area contributed by atoms with Gasteiger partial charge in [-0.3, -0.25) is 15.1 Å². The first kappa shape index (κ1) is 24.0. The maximum Gasteiger partial charge on any atom is 0.356 e. The minimum atomic E-state index is -1.16. The van der Waals surface area contributed by atoms with E-state index in [1.165, 1.54) is 18.4 Å². The smallest absolute Gasteiger partial charge is 0.356 e. The number of piperidine rings is 1. The number of hydrogen-bond donors (Lipinski definition) is 4. The van der Waals surface area contributed by atoms with Crippen LogP contribution in [-0.4, -0.2) is 71.4 Å². The van der Waals surface area contributed by atoms with Crippen LogP contribution < -0.4 is 15.7 Å². The Morgan fingerprint density at radius 3 is 2.75 bits per heavy atom. The third kappa shape index (κ3) is 5.04. The van der Waals surface area contributed by atoms with E-state index in [4.69, 9.17) is 21.2 Å². The van der Waals surface area contributed by atoms with Crippen molar-refractivity contribution in [2.45, 2.75) is 31.9 Å². The van der Waals surface area contributed by atoms with Crippen LogP contribution in [0.5, 0.6) is 0 Å². The molecule has 0 radical (unpaired) electrons. The zero-order chi connectivity index (χ0) is 23.4. The molecule has 2 aromatic heterocycles. The highest BCUT2D eigenvalue weighted by Gasteiger charge is 2.33. The van der Waals surface area contributed by atoms with Gasteiger partial charge in [-0.2, -0.15) is 0 Å². The van der Waals surface area contributed by atoms with Gasteiger partial charge >= 0.3 is 5.97 Å². The summed E-state index contributed by atoms with van der Waals surface area (Å²) in [5, 5.41) is 13.3. The van der Waals surface area contributed by atoms with Gasteiger partial charge in [-0.1, -0.05) is 36.4 Å². The van der Waals surface area contributed by atoms with Crippen molar-refractivity contribution in [2.24, 2.45) is 0 Å². The van der Waals surface area contributed by atoms with Crippen LogP contribution >= 0.6 is 22.9 Å². The number of halogens is 1. The molecule has 0 unspecified atom stereocenters. The van der Waals surface area contributed by atoms with Gasteiger partial charge in [-0.25, -0.2) is 14.8 Å². The minimum Gasteiger partial charge on any atom is -0.476 e. The van der Waals surface area contributed by atoms with E-state index in [1.807, 2.05) is 11.8 Å². The molecule has 11 nitrogen and oxygen atoms in total. The molecule has 13 heteroatoms. The number of nitrogens with zero attached hydrogens (tertiary/aromatic N) is 3. The topological polar surface area (TPSA) is 142 Å². The molecule has 4 N–H and O–H groups in total. The molecule has 0 aliphatic carbocycles. The molecule has 174 valence electrons. The summed E-state index contributed by atoms with van der Waals surface area (Å²) < 4.78 is 5.61. The molecule has 0 saturated carbocycles. The second-order valence-corrected chi connectivity index (χ2v) is 8.40. The number of aromatic carboxylic acids is 1. The molecule has 3 rings (SSSR count). The van der Waals surface area contributed by atoms with Crippen LogP contribution in [0.4, 0.5) is 5.13 Å². The second kappa shape index (κ2) is 10.3. The Kier molecular flexibility index (Phi) is 7.72. The summed E-state index contributed by atoms with van der Waals surface area (Å²) in [6.07, 6.45) is 0.858. The van der Waals surface area contributed by atoms with Crippen LogP contribution in [0.25, 0.3) is 5.70 Å². The van der Waals surface area contributed by atoms with Crippen molar-refractivity contribution in [1.29, 1.82) is 0 Å². The number of imidazole rings is 1. The number of methoxy groups -OCH3 is 1. The summed E-state index contributed by atoms with van der Waals surface area (Å²) in [4.78, 5) is 42.7. The molecule has 0 spiro atoms. The van der Waals surface area contributed by atoms with E-state index >= 15 is 0 Å². The fourth-order valence-corrected chi connectivity index (χ4v) is 4.70. The van der Waals surface area contributed by atoms with Crippen molar-refractivity contribution >= 4 is 45.6 Å². The zero-order valence-electron chi connectivity index (χ0n) is 17.9. The van der Waals surface area contributed by atoms with Crippen LogP contribution in [0.1, 0.15) is 45.0 Å². The van der Waals surface area contributed by atoms with Crippen LogP contribution in [-0.2, 0) is 16.0 Å². The van der Waals surface area contributed by atoms with E-state index in [0.29, 0.717) is 47.3 Å². The van der Waals surface area contributed by atoms with Gasteiger partial charge in [0.05, 0.1) is 35.5 Å². The molecule has 1 aliphatic rings. The Hall–Kier alpha value is -2.67. The first-order valence-corrected chi connectivity index (χ1v) is 11.0. The van der Waals surface area contributed by atoms with E-state index in [9.17, 15) is 14.7 Å². The lowest BCUT2D eigenvalue weighted by Crippen LogP contribution is -2.55. The van der Waals surface area contributed by atoms with Crippen molar-refractivity contribution in [2.75, 3.05) is 32.2 Å². The van der Waals surface area contributed by atoms with Crippen LogP contribution in [0, 0.1) is 0 Å². The van der Waals surface area contributed by atoms with E-state index in [-0.39, 0.29) is 34.7 Å². The number of nitrogens with one attached hydrogen (secondary N) is 3. The van der Waals surface area contributed by atoms with Gasteiger partial charge in [0.2, 0.25) is 0 Å². The fraction of sp³-hybridized carbons (Fsp3) is 0.474. The Bertz CT molecular complexity index is 1010. The van der Waals surface area contributed by atoms with Gasteiger partial charge in [-0.05, 0) is 12.8 Å². The maximum absolute atomic E-state index is 12.6. The summed E-state index contributed by atoms with van der Waals surface area (Å²) in [6.45, 7) is 6.67. The molecule has 0 aromatic carbocycles. The van der Waals surface area contributed by atoms with Crippen molar-refractivity contribution < 1.29 is 24.3 Å². The van der Waals surface area contributed by atoms with E-state index in [2.05, 4.69) is 32.3 Å². The number of aryl methyl sites for hydroxylation is 1. The number of carbonyl (C=O) groups is 2. The normalized spacial score (nSPS) is 18.4. The third-order valence-corrected chi connectivity index (χ3v) is 6.55. The second-order valence-electron chi connectivity index (χ2n) is 7.06. The summed E-state index contributed by atoms with van der Waals surface area (Å²) in [5.74, 6) is -1.36. The number of anilines is 1. The molecule has 1 fully saturated rings. The first-order valence-electron chi connectivity index (χ1n) is 9.84. The largest absolute Gasteiger partial charge is 0.476 e. The Morgan fingerprint density at radius 2 is 2.16 bits per heavy atom. The number of carbonyl (C=O) groups excluding carboxylic acids is 1. The molecule has 2 atom stereocenters. The number of carboxylic acids is 1. The van der Waals surface area contributed by atoms with Gasteiger partial charge in [0.25, 0.3) is 5.91 Å². The molecule has 32 heavy (non-hydrogen) atoms. The van der Waals surface area contributed by atoms with E-state index in [0.717, 1.165) is 0 Å². The minimum absolute atomic E-state index is 0.106. The highest BCUT2D eigenvalue weighted by Crippen LogP contribution is 2.32. The molecule has 1 aliphatic heterocycles. The number of carboxylic acid groups (broad SMARTS) is 1. The lowest BCUT2D eigenvalue weighted by molar-refractivity contribution is 0.0538. The Labute approximate surface area is 193 Å². The number of hydrogen-bond acceptors (Lipinski definition) is 9. The Balaban J connectivity index is 1.72. The molecule has 1 amide bonds. The number of aromatic amines is 1. The molecular weight excluding hydrogens is 460 g/mol. The van der Waals surface area contributed by atoms with Gasteiger partial charge in [0.15, 0.2) is 21.8 Å². The number of thiazole rings is 1. The van der Waals surface area contributed by atoms with Crippen LogP contribution in [0.3, 0.4) is 0 Å². The molecule has 0 bridgehead atoms. The van der Waals surface area contributed by atoms with Crippen molar-refractivity contribution in [3.05, 3.63) is 33.8 Å². The number of amides is 1. The molecular formula is C19H25ClN6O5S. The predicted molar refractivity (Wildman–Crippen MR) is 120 cm³/mol. The average molecular weight is 485 g/mol. The molecule has 2 aromatic rings. The van der Waals surface area contributed by atoms with Gasteiger partial charge in [0, 0.05) is 20.2 Å². The van der Waals surface area contributed by atoms with Crippen LogP contribution in [0.15, 0.2) is 6.58 Å². The lowest BCUT2D eigenvalue weighted by atomic mass is 10.0. The third-order valence-electron chi connectivity index (χ3n) is 5.06. The standard InChI is InChI=1S/C19H25ClN6O5S/c1-5-10-15(20)24-16(21-10)17(27)22-11-6-7-26(8-12(11)30-3)19-23-13(18(28)29)14(32-19)9(2)25-31-4/h11-12,25H,2,5-8H2,1,3-4H3,(H,21,24)(H,22,27)(H,28,29)/t11-,12+/m1/s1. The number of rotatable bonds is 9. The highest BCUT2D eigenvalue weighted by atomic mass is 35.5. The lowest BCUT2D eigenvalue weighted by Gasteiger charge is -2.37. The number of H-pyrrole nitrogens is 1. The SMILES string of the molecule is C=C(NOC)c1sc(N2CC[C@@H](NC(=O)c3nc(Cl)c(CC)[nH]3)[C@@H](OC)C2)nc1C(=O)O. The first-order chi connectivity index (χ1) is 15.3. The van der Waals surface area contributed by atoms with E-state index < -0.39 is 5.97 Å². The van der Waals surface area contributed by atoms with Crippen molar-refractivity contribution in [3.63, 3.8) is 0 Å². The molecule has 3 heterocycles. The number of aromatic nitrogens is 3. The average Bonchev–Trinajstić information content (AvgIpc) is 3.38. The summed E-state index contributed by atoms with van der Waals surface area (Å²) in [7, 11) is 2.97. The monoisotopic (exact) mass is 484 g/mol. The van der Waals surface area contributed by atoms with E-state index in [1.54, 1.807) is 7.11 Å². The van der Waals surface area contributed by atoms with Crippen molar-refractivity contribution in [3.8, 4) is 0 Å². The Morgan fingerprint density at radius 1 is 1.41 bits per heavy atom.